The van der Waals surface area contributed by atoms with Crippen molar-refractivity contribution in [3.63, 3.8) is 0 Å². The van der Waals surface area contributed by atoms with E-state index in [4.69, 9.17) is 11.6 Å². The van der Waals surface area contributed by atoms with E-state index >= 15 is 0 Å². The molecule has 116 valence electrons. The van der Waals surface area contributed by atoms with Gasteiger partial charge in [-0.25, -0.2) is 4.90 Å². The fraction of sp³-hybridized carbons (Fsp3) is 0.111. The van der Waals surface area contributed by atoms with Crippen molar-refractivity contribution in [3.05, 3.63) is 69.6 Å². The van der Waals surface area contributed by atoms with Crippen LogP contribution in [0.2, 0.25) is 5.02 Å². The van der Waals surface area contributed by atoms with Gasteiger partial charge in [-0.05, 0) is 53.6 Å². The Morgan fingerprint density at radius 3 is 2.52 bits per heavy atom. The van der Waals surface area contributed by atoms with Crippen molar-refractivity contribution in [2.45, 2.75) is 13.3 Å². The number of thioether (sulfide) groups is 1. The van der Waals surface area contributed by atoms with Crippen LogP contribution in [0.15, 0.2) is 53.4 Å². The normalized spacial score (nSPS) is 16.4. The molecule has 2 amide bonds. The highest BCUT2D eigenvalue weighted by molar-refractivity contribution is 8.19. The lowest BCUT2D eigenvalue weighted by Crippen LogP contribution is -2.27. The molecule has 1 saturated heterocycles. The van der Waals surface area contributed by atoms with E-state index in [1.54, 1.807) is 30.3 Å². The van der Waals surface area contributed by atoms with Crippen LogP contribution in [0, 0.1) is 0 Å². The smallest absolute Gasteiger partial charge is 0.268 e. The number of anilines is 1. The number of nitrogens with zero attached hydrogens (tertiary/aromatic N) is 1. The van der Waals surface area contributed by atoms with Crippen molar-refractivity contribution < 1.29 is 9.59 Å². The third kappa shape index (κ3) is 3.33. The lowest BCUT2D eigenvalue weighted by atomic mass is 10.1. The number of aryl methyl sites for hydroxylation is 1. The van der Waals surface area contributed by atoms with Crippen molar-refractivity contribution in [1.82, 2.24) is 0 Å². The Morgan fingerprint density at radius 1 is 1.13 bits per heavy atom. The van der Waals surface area contributed by atoms with Gasteiger partial charge in [-0.2, -0.15) is 0 Å². The summed E-state index contributed by atoms with van der Waals surface area (Å²) in [6.45, 7) is 2.09. The van der Waals surface area contributed by atoms with Gasteiger partial charge < -0.3 is 0 Å². The minimum Gasteiger partial charge on any atom is -0.268 e. The average molecular weight is 344 g/mol. The minimum absolute atomic E-state index is 0.311. The van der Waals surface area contributed by atoms with Gasteiger partial charge >= 0.3 is 0 Å². The van der Waals surface area contributed by atoms with E-state index in [0.717, 1.165) is 28.6 Å². The molecule has 0 aromatic heterocycles. The predicted octanol–water partition coefficient (Wildman–Crippen LogP) is 5.14. The molecular formula is C18H14ClNO2S. The summed E-state index contributed by atoms with van der Waals surface area (Å²) in [4.78, 5) is 26.3. The first-order chi connectivity index (χ1) is 11.1. The van der Waals surface area contributed by atoms with E-state index in [-0.39, 0.29) is 11.1 Å². The van der Waals surface area contributed by atoms with Gasteiger partial charge in [0, 0.05) is 5.02 Å². The molecule has 3 nitrogen and oxygen atoms in total. The third-order valence-electron chi connectivity index (χ3n) is 3.55. The minimum atomic E-state index is -0.318. The number of imide groups is 1. The third-order valence-corrected chi connectivity index (χ3v) is 4.65. The Labute approximate surface area is 143 Å². The van der Waals surface area contributed by atoms with Gasteiger partial charge in [0.05, 0.1) is 10.6 Å². The molecule has 3 rings (SSSR count). The van der Waals surface area contributed by atoms with Crippen LogP contribution in [0.4, 0.5) is 10.5 Å². The first-order valence-electron chi connectivity index (χ1n) is 7.21. The van der Waals surface area contributed by atoms with Gasteiger partial charge in [0.25, 0.3) is 11.1 Å². The number of hydrogen-bond donors (Lipinski definition) is 0. The lowest BCUT2D eigenvalue weighted by Gasteiger charge is -2.12. The monoisotopic (exact) mass is 343 g/mol. The zero-order chi connectivity index (χ0) is 16.4. The number of amides is 2. The molecule has 1 aliphatic heterocycles. The molecule has 1 heterocycles. The second kappa shape index (κ2) is 6.60. The summed E-state index contributed by atoms with van der Waals surface area (Å²) < 4.78 is 0. The van der Waals surface area contributed by atoms with Gasteiger partial charge in [0.15, 0.2) is 0 Å². The predicted molar refractivity (Wildman–Crippen MR) is 95.7 cm³/mol. The molecule has 1 fully saturated rings. The summed E-state index contributed by atoms with van der Waals surface area (Å²) in [5.74, 6) is -0.318. The highest BCUT2D eigenvalue weighted by Crippen LogP contribution is 2.36. The highest BCUT2D eigenvalue weighted by Gasteiger charge is 2.36. The molecule has 0 N–H and O–H groups in total. The van der Waals surface area contributed by atoms with Crippen LogP contribution in [0.25, 0.3) is 6.08 Å². The molecular weight excluding hydrogens is 330 g/mol. The Bertz CT molecular complexity index is 799. The fourth-order valence-electron chi connectivity index (χ4n) is 2.31. The van der Waals surface area contributed by atoms with E-state index in [2.05, 4.69) is 6.92 Å². The molecule has 0 saturated carbocycles. The maximum Gasteiger partial charge on any atom is 0.298 e. The number of hydrogen-bond acceptors (Lipinski definition) is 3. The van der Waals surface area contributed by atoms with Crippen LogP contribution >= 0.6 is 23.4 Å². The Hall–Kier alpha value is -2.04. The zero-order valence-electron chi connectivity index (χ0n) is 12.5. The van der Waals surface area contributed by atoms with Gasteiger partial charge in [-0.1, -0.05) is 48.9 Å². The van der Waals surface area contributed by atoms with Gasteiger partial charge in [0.2, 0.25) is 0 Å². The topological polar surface area (TPSA) is 37.4 Å². The van der Waals surface area contributed by atoms with Gasteiger partial charge in [-0.15, -0.1) is 0 Å². The maximum absolute atomic E-state index is 12.5. The summed E-state index contributed by atoms with van der Waals surface area (Å²) in [5, 5.41) is 0.175. The van der Waals surface area contributed by atoms with Crippen molar-refractivity contribution in [2.24, 2.45) is 0 Å². The number of carbonyl (C=O) groups is 2. The summed E-state index contributed by atoms with van der Waals surface area (Å²) in [7, 11) is 0. The van der Waals surface area contributed by atoms with Crippen LogP contribution in [0.1, 0.15) is 18.1 Å². The molecule has 0 spiro atoms. The van der Waals surface area contributed by atoms with E-state index in [1.807, 2.05) is 24.3 Å². The first kappa shape index (κ1) is 15.8. The molecule has 0 unspecified atom stereocenters. The fourth-order valence-corrected chi connectivity index (χ4v) is 3.33. The second-order valence-electron chi connectivity index (χ2n) is 5.09. The molecule has 5 heteroatoms. The quantitative estimate of drug-likeness (QED) is 0.724. The van der Waals surface area contributed by atoms with Crippen molar-refractivity contribution in [2.75, 3.05) is 4.90 Å². The Morgan fingerprint density at radius 2 is 1.87 bits per heavy atom. The van der Waals surface area contributed by atoms with E-state index < -0.39 is 0 Å². The van der Waals surface area contributed by atoms with Crippen LogP contribution in [0.5, 0.6) is 0 Å². The van der Waals surface area contributed by atoms with E-state index in [1.165, 1.54) is 5.56 Å². The summed E-state index contributed by atoms with van der Waals surface area (Å²) in [5.41, 5.74) is 2.62. The molecule has 0 atom stereocenters. The largest absolute Gasteiger partial charge is 0.298 e. The SMILES string of the molecule is CCc1ccc(/C=C2/SC(=O)N(c3cccc(Cl)c3)C2=O)cc1. The van der Waals surface area contributed by atoms with Crippen LogP contribution in [-0.2, 0) is 11.2 Å². The van der Waals surface area contributed by atoms with E-state index in [9.17, 15) is 9.59 Å². The van der Waals surface area contributed by atoms with Crippen molar-refractivity contribution in [3.8, 4) is 0 Å². The average Bonchev–Trinajstić information content (AvgIpc) is 2.82. The van der Waals surface area contributed by atoms with Crippen LogP contribution in [-0.4, -0.2) is 11.1 Å². The Balaban J connectivity index is 1.89. The molecule has 2 aromatic rings. The lowest BCUT2D eigenvalue weighted by molar-refractivity contribution is -0.113. The molecule has 23 heavy (non-hydrogen) atoms. The molecule has 0 radical (unpaired) electrons. The zero-order valence-corrected chi connectivity index (χ0v) is 14.0. The highest BCUT2D eigenvalue weighted by atomic mass is 35.5. The first-order valence-corrected chi connectivity index (χ1v) is 8.40. The number of rotatable bonds is 3. The second-order valence-corrected chi connectivity index (χ2v) is 6.52. The summed E-state index contributed by atoms with van der Waals surface area (Å²) in [6, 6.07) is 14.7. The summed E-state index contributed by atoms with van der Waals surface area (Å²) in [6.07, 6.45) is 2.71. The van der Waals surface area contributed by atoms with Gasteiger partial charge in [0.1, 0.15) is 0 Å². The van der Waals surface area contributed by atoms with Crippen molar-refractivity contribution in [1.29, 1.82) is 0 Å². The van der Waals surface area contributed by atoms with Crippen LogP contribution in [0.3, 0.4) is 0 Å². The maximum atomic E-state index is 12.5. The van der Waals surface area contributed by atoms with Crippen LogP contribution < -0.4 is 4.90 Å². The summed E-state index contributed by atoms with van der Waals surface area (Å²) >= 11 is 6.89. The standard InChI is InChI=1S/C18H14ClNO2S/c1-2-12-6-8-13(9-7-12)10-16-17(21)20(18(22)23-16)15-5-3-4-14(19)11-15/h3-11H,2H2,1H3/b16-10+. The molecule has 2 aromatic carbocycles. The molecule has 0 bridgehead atoms. The van der Waals surface area contributed by atoms with Crippen molar-refractivity contribution >= 4 is 46.3 Å². The number of benzene rings is 2. The van der Waals surface area contributed by atoms with E-state index in [0.29, 0.717) is 15.6 Å². The Kier molecular flexibility index (Phi) is 4.55. The number of carbonyl (C=O) groups excluding carboxylic acids is 2. The molecule has 0 aliphatic carbocycles. The number of halogens is 1. The molecule has 1 aliphatic rings. The van der Waals surface area contributed by atoms with Gasteiger partial charge in [-0.3, -0.25) is 9.59 Å².